The largest absolute Gasteiger partial charge is 0.496 e. The van der Waals surface area contributed by atoms with Crippen LogP contribution in [0, 0.1) is 0 Å². The molecule has 2 amide bonds. The van der Waals surface area contributed by atoms with Crippen LogP contribution in [0.15, 0.2) is 29.2 Å². The van der Waals surface area contributed by atoms with Gasteiger partial charge in [-0.1, -0.05) is 18.2 Å². The summed E-state index contributed by atoms with van der Waals surface area (Å²) >= 11 is 0.951. The summed E-state index contributed by atoms with van der Waals surface area (Å²) < 4.78 is 5.22. The fourth-order valence-electron chi connectivity index (χ4n) is 1.78. The molecule has 1 saturated heterocycles. The van der Waals surface area contributed by atoms with Crippen LogP contribution in [0.4, 0.5) is 4.79 Å². The van der Waals surface area contributed by atoms with Gasteiger partial charge in [-0.05, 0) is 23.9 Å². The number of hydrogen-bond donors (Lipinski definition) is 1. The molecule has 1 aliphatic heterocycles. The predicted octanol–water partition coefficient (Wildman–Crippen LogP) is 0.973. The summed E-state index contributed by atoms with van der Waals surface area (Å²) in [6, 6.07) is 7.36. The van der Waals surface area contributed by atoms with Crippen molar-refractivity contribution in [2.45, 2.75) is 0 Å². The summed E-state index contributed by atoms with van der Waals surface area (Å²) in [7, 11) is 1.57. The van der Waals surface area contributed by atoms with Gasteiger partial charge in [-0.3, -0.25) is 14.5 Å². The third kappa shape index (κ3) is 2.80. The highest BCUT2D eigenvalue weighted by Crippen LogP contribution is 2.33. The van der Waals surface area contributed by atoms with Crippen LogP contribution in [0.2, 0.25) is 0 Å². The van der Waals surface area contributed by atoms with Gasteiger partial charge >= 0.3 is 0 Å². The fourth-order valence-corrected chi connectivity index (χ4v) is 2.63. The molecule has 3 N–H and O–H groups in total. The van der Waals surface area contributed by atoms with Crippen molar-refractivity contribution in [2.24, 2.45) is 0 Å². The zero-order chi connectivity index (χ0) is 13.8. The smallest absolute Gasteiger partial charge is 0.293 e. The van der Waals surface area contributed by atoms with Crippen molar-refractivity contribution in [1.82, 2.24) is 4.90 Å². The number of nitrogens with zero attached hydrogens (tertiary/aromatic N) is 1. The highest BCUT2D eigenvalue weighted by atomic mass is 32.2. The second-order valence-corrected chi connectivity index (χ2v) is 4.92. The van der Waals surface area contributed by atoms with E-state index in [1.165, 1.54) is 4.90 Å². The molecule has 6 heteroatoms. The Morgan fingerprint density at radius 3 is 2.79 bits per heavy atom. The lowest BCUT2D eigenvalue weighted by molar-refractivity contribution is -0.367. The molecule has 19 heavy (non-hydrogen) atoms. The van der Waals surface area contributed by atoms with Crippen LogP contribution in [0.3, 0.4) is 0 Å². The average Bonchev–Trinajstić information content (AvgIpc) is 2.67. The highest BCUT2D eigenvalue weighted by molar-refractivity contribution is 8.18. The number of quaternary nitrogens is 1. The van der Waals surface area contributed by atoms with Gasteiger partial charge in [0.25, 0.3) is 11.1 Å². The third-order valence-electron chi connectivity index (χ3n) is 2.68. The van der Waals surface area contributed by atoms with Gasteiger partial charge in [-0.2, -0.15) is 0 Å². The monoisotopic (exact) mass is 279 g/mol. The van der Waals surface area contributed by atoms with Crippen molar-refractivity contribution in [3.63, 3.8) is 0 Å². The first-order chi connectivity index (χ1) is 9.17. The number of amides is 2. The van der Waals surface area contributed by atoms with E-state index in [1.807, 2.05) is 24.3 Å². The van der Waals surface area contributed by atoms with E-state index in [2.05, 4.69) is 5.73 Å². The Hall–Kier alpha value is -1.79. The van der Waals surface area contributed by atoms with Crippen molar-refractivity contribution in [3.05, 3.63) is 34.7 Å². The average molecular weight is 279 g/mol. The van der Waals surface area contributed by atoms with E-state index in [0.717, 1.165) is 17.3 Å². The van der Waals surface area contributed by atoms with Crippen molar-refractivity contribution < 1.29 is 20.1 Å². The molecule has 0 saturated carbocycles. The zero-order valence-electron chi connectivity index (χ0n) is 10.6. The third-order valence-corrected chi connectivity index (χ3v) is 3.59. The molecule has 1 heterocycles. The molecule has 0 spiro atoms. The van der Waals surface area contributed by atoms with Gasteiger partial charge in [-0.15, -0.1) is 0 Å². The maximum atomic E-state index is 12.1. The number of imide groups is 1. The second-order valence-electron chi connectivity index (χ2n) is 3.93. The minimum atomic E-state index is -0.260. The Morgan fingerprint density at radius 2 is 2.11 bits per heavy atom. The van der Waals surface area contributed by atoms with E-state index in [1.54, 1.807) is 13.2 Å². The molecule has 5 nitrogen and oxygen atoms in total. The summed E-state index contributed by atoms with van der Waals surface area (Å²) in [5, 5.41) is -0.241. The van der Waals surface area contributed by atoms with Crippen molar-refractivity contribution in [1.29, 1.82) is 0 Å². The number of benzene rings is 1. The first-order valence-electron chi connectivity index (χ1n) is 5.85. The molecule has 1 aromatic rings. The lowest BCUT2D eigenvalue weighted by atomic mass is 10.2. The topological polar surface area (TPSA) is 74.2 Å². The molecule has 0 bridgehead atoms. The molecule has 0 atom stereocenters. The second kappa shape index (κ2) is 5.90. The predicted molar refractivity (Wildman–Crippen MR) is 73.4 cm³/mol. The first-order valence-corrected chi connectivity index (χ1v) is 6.66. The van der Waals surface area contributed by atoms with Crippen LogP contribution in [-0.2, 0) is 4.79 Å². The minimum absolute atomic E-state index is 0.241. The van der Waals surface area contributed by atoms with Gasteiger partial charge < -0.3 is 10.5 Å². The van der Waals surface area contributed by atoms with E-state index in [9.17, 15) is 9.59 Å². The zero-order valence-corrected chi connectivity index (χ0v) is 11.4. The van der Waals surface area contributed by atoms with Gasteiger partial charge in [0.15, 0.2) is 0 Å². The van der Waals surface area contributed by atoms with E-state index in [-0.39, 0.29) is 11.1 Å². The van der Waals surface area contributed by atoms with E-state index >= 15 is 0 Å². The highest BCUT2D eigenvalue weighted by Gasteiger charge is 2.34. The van der Waals surface area contributed by atoms with Crippen molar-refractivity contribution >= 4 is 29.0 Å². The molecule has 1 aromatic carbocycles. The van der Waals surface area contributed by atoms with Crippen LogP contribution < -0.4 is 10.5 Å². The van der Waals surface area contributed by atoms with Crippen LogP contribution in [0.5, 0.6) is 5.75 Å². The maximum absolute atomic E-state index is 12.1. The number of carbonyl (C=O) groups is 2. The van der Waals surface area contributed by atoms with Crippen LogP contribution in [0.1, 0.15) is 5.56 Å². The molecule has 1 aliphatic rings. The number of para-hydroxylation sites is 1. The molecule has 100 valence electrons. The van der Waals surface area contributed by atoms with Gasteiger partial charge in [0.2, 0.25) is 0 Å². The van der Waals surface area contributed by atoms with E-state index in [0.29, 0.717) is 23.7 Å². The molecule has 1 fully saturated rings. The number of carbonyl (C=O) groups excluding carboxylic acids is 2. The summed E-state index contributed by atoms with van der Waals surface area (Å²) in [6.45, 7) is 0.869. The van der Waals surface area contributed by atoms with E-state index in [4.69, 9.17) is 4.74 Å². The molecule has 0 radical (unpaired) electrons. The normalized spacial score (nSPS) is 17.4. The Bertz CT molecular complexity index is 542. The number of rotatable bonds is 4. The van der Waals surface area contributed by atoms with Crippen LogP contribution in [-0.4, -0.2) is 36.2 Å². The Morgan fingerprint density at radius 1 is 1.37 bits per heavy atom. The molecular formula is C13H15N2O3S+. The molecule has 2 rings (SSSR count). The Labute approximate surface area is 115 Å². The first kappa shape index (κ1) is 13.6. The summed E-state index contributed by atoms with van der Waals surface area (Å²) in [6.07, 6.45) is 1.69. The Balaban J connectivity index is 2.30. The quantitative estimate of drug-likeness (QED) is 0.834. The lowest BCUT2D eigenvalue weighted by Gasteiger charge is -2.08. The van der Waals surface area contributed by atoms with E-state index < -0.39 is 0 Å². The van der Waals surface area contributed by atoms with Crippen LogP contribution in [0.25, 0.3) is 6.08 Å². The lowest BCUT2D eigenvalue weighted by Crippen LogP contribution is -2.55. The van der Waals surface area contributed by atoms with Crippen molar-refractivity contribution in [2.75, 3.05) is 20.2 Å². The van der Waals surface area contributed by atoms with Crippen LogP contribution >= 0.6 is 11.8 Å². The number of ether oxygens (including phenoxy) is 1. The van der Waals surface area contributed by atoms with Gasteiger partial charge in [0.1, 0.15) is 5.75 Å². The molecule has 0 aromatic heterocycles. The molecule has 0 aliphatic carbocycles. The van der Waals surface area contributed by atoms with Crippen molar-refractivity contribution in [3.8, 4) is 5.75 Å². The summed E-state index contributed by atoms with van der Waals surface area (Å²) in [4.78, 5) is 25.4. The standard InChI is InChI=1S/C13H14N2O3S/c1-18-10-5-3-2-4-9(10)8-11-12(16)15(7-6-14)13(17)19-11/h2-5,8H,6-7,14H2,1H3/p+1/b11-8+. The van der Waals surface area contributed by atoms with Gasteiger partial charge in [-0.25, -0.2) is 0 Å². The minimum Gasteiger partial charge on any atom is -0.496 e. The Kier molecular flexibility index (Phi) is 4.24. The summed E-state index contributed by atoms with van der Waals surface area (Å²) in [5.41, 5.74) is 4.44. The SMILES string of the molecule is COc1ccccc1/C=C1/SC(=O)N(CC[NH3+])C1=O. The molecular weight excluding hydrogens is 264 g/mol. The number of hydrogen-bond acceptors (Lipinski definition) is 4. The van der Waals surface area contributed by atoms with Gasteiger partial charge in [0.05, 0.1) is 25.1 Å². The fraction of sp³-hybridized carbons (Fsp3) is 0.231. The van der Waals surface area contributed by atoms with Gasteiger partial charge in [0, 0.05) is 5.56 Å². The summed E-state index contributed by atoms with van der Waals surface area (Å²) in [5.74, 6) is 0.413. The molecule has 0 unspecified atom stereocenters. The number of thioether (sulfide) groups is 1. The maximum Gasteiger partial charge on any atom is 0.293 e. The number of methoxy groups -OCH3 is 1.